The van der Waals surface area contributed by atoms with Crippen LogP contribution in [0.5, 0.6) is 5.75 Å². The number of aromatic hydroxyl groups is 1. The Morgan fingerprint density at radius 3 is 3.00 bits per heavy atom. The highest BCUT2D eigenvalue weighted by Gasteiger charge is 2.68. The van der Waals surface area contributed by atoms with Gasteiger partial charge in [-0.25, -0.2) is 0 Å². The van der Waals surface area contributed by atoms with Crippen LogP contribution in [-0.4, -0.2) is 41.6 Å². The molecule has 5 rings (SSSR count). The number of piperidine rings is 1. The lowest BCUT2D eigenvalue weighted by Gasteiger charge is -2.53. The van der Waals surface area contributed by atoms with Crippen molar-refractivity contribution >= 4 is 12.0 Å². The van der Waals surface area contributed by atoms with Crippen LogP contribution in [-0.2, 0) is 10.2 Å². The van der Waals surface area contributed by atoms with Crippen LogP contribution < -0.4 is 5.32 Å². The van der Waals surface area contributed by atoms with Crippen molar-refractivity contribution in [3.63, 3.8) is 0 Å². The molecule has 2 bridgehead atoms. The lowest BCUT2D eigenvalue weighted by molar-refractivity contribution is -0.941. The van der Waals surface area contributed by atoms with Gasteiger partial charge in [0.1, 0.15) is 24.6 Å². The number of phenols is 1. The summed E-state index contributed by atoms with van der Waals surface area (Å²) in [4.78, 5) is 12.2. The Morgan fingerprint density at radius 2 is 2.27 bits per heavy atom. The SMILES string of the molecule is C/C=C1/C[N+]2(CCC)CCC34C(=C(C=O)[C@H]1C[C@@H]32)Nc1c(O)cccc14. The van der Waals surface area contributed by atoms with E-state index in [1.807, 2.05) is 6.07 Å². The van der Waals surface area contributed by atoms with Gasteiger partial charge < -0.3 is 14.9 Å². The molecule has 2 unspecified atom stereocenters. The molecule has 3 heterocycles. The molecule has 0 amide bonds. The van der Waals surface area contributed by atoms with Gasteiger partial charge in [0, 0.05) is 30.0 Å². The highest BCUT2D eigenvalue weighted by molar-refractivity contribution is 5.85. The van der Waals surface area contributed by atoms with E-state index >= 15 is 0 Å². The van der Waals surface area contributed by atoms with Crippen LogP contribution in [0.1, 0.15) is 38.7 Å². The van der Waals surface area contributed by atoms with E-state index in [0.717, 1.165) is 53.7 Å². The van der Waals surface area contributed by atoms with Gasteiger partial charge in [0.25, 0.3) is 0 Å². The van der Waals surface area contributed by atoms with Crippen molar-refractivity contribution in [2.75, 3.05) is 25.0 Å². The van der Waals surface area contributed by atoms with Crippen molar-refractivity contribution in [2.24, 2.45) is 5.92 Å². The number of phenolic OH excluding ortho intramolecular Hbond substituents is 1. The number of nitrogens with one attached hydrogen (secondary N) is 1. The van der Waals surface area contributed by atoms with Crippen LogP contribution in [0.15, 0.2) is 41.1 Å². The van der Waals surface area contributed by atoms with Gasteiger partial charge >= 0.3 is 0 Å². The van der Waals surface area contributed by atoms with E-state index in [1.165, 1.54) is 24.1 Å². The Kier molecular flexibility index (Phi) is 3.24. The van der Waals surface area contributed by atoms with Crippen LogP contribution in [0.3, 0.4) is 0 Å². The summed E-state index contributed by atoms with van der Waals surface area (Å²) in [7, 11) is 0. The number of rotatable bonds is 3. The molecule has 4 nitrogen and oxygen atoms in total. The fourth-order valence-electron chi connectivity index (χ4n) is 6.73. The zero-order chi connectivity index (χ0) is 18.1. The molecular weight excluding hydrogens is 324 g/mol. The first-order chi connectivity index (χ1) is 12.6. The Balaban J connectivity index is 1.82. The topological polar surface area (TPSA) is 49.3 Å². The molecule has 2 fully saturated rings. The van der Waals surface area contributed by atoms with Gasteiger partial charge in [-0.05, 0) is 30.5 Å². The number of anilines is 1. The number of nitrogens with zero attached hydrogens (tertiary/aromatic N) is 1. The van der Waals surface area contributed by atoms with Gasteiger partial charge in [-0.3, -0.25) is 4.79 Å². The average Bonchev–Trinajstić information content (AvgIpc) is 3.17. The van der Waals surface area contributed by atoms with Gasteiger partial charge in [-0.1, -0.05) is 25.1 Å². The summed E-state index contributed by atoms with van der Waals surface area (Å²) in [5, 5.41) is 14.0. The minimum atomic E-state index is -0.130. The maximum atomic E-state index is 12.2. The van der Waals surface area contributed by atoms with Crippen molar-refractivity contribution in [3.05, 3.63) is 46.7 Å². The van der Waals surface area contributed by atoms with E-state index in [2.05, 4.69) is 31.3 Å². The second-order valence-corrected chi connectivity index (χ2v) is 8.49. The number of hydrogen-bond donors (Lipinski definition) is 2. The van der Waals surface area contributed by atoms with Crippen LogP contribution in [0, 0.1) is 5.92 Å². The predicted molar refractivity (Wildman–Crippen MR) is 102 cm³/mol. The van der Waals surface area contributed by atoms with Gasteiger partial charge in [0.2, 0.25) is 0 Å². The fraction of sp³-hybridized carbons (Fsp3) is 0.500. The lowest BCUT2D eigenvalue weighted by atomic mass is 9.61. The summed E-state index contributed by atoms with van der Waals surface area (Å²) >= 11 is 0. The molecule has 1 spiro atoms. The molecule has 0 aromatic heterocycles. The lowest BCUT2D eigenvalue weighted by Crippen LogP contribution is -2.63. The average molecular weight is 351 g/mol. The molecule has 136 valence electrons. The highest BCUT2D eigenvalue weighted by atomic mass is 16.3. The van der Waals surface area contributed by atoms with E-state index in [4.69, 9.17) is 0 Å². The number of fused-ring (bicyclic) bond motifs is 2. The first-order valence-electron chi connectivity index (χ1n) is 9.91. The van der Waals surface area contributed by atoms with Crippen molar-refractivity contribution in [1.29, 1.82) is 0 Å². The molecule has 2 N–H and O–H groups in total. The summed E-state index contributed by atoms with van der Waals surface area (Å²) in [5.74, 6) is 0.529. The molecule has 4 aliphatic rings. The largest absolute Gasteiger partial charge is 0.506 e. The first-order valence-corrected chi connectivity index (χ1v) is 9.91. The maximum Gasteiger partial charge on any atom is 0.148 e. The minimum Gasteiger partial charge on any atom is -0.506 e. The summed E-state index contributed by atoms with van der Waals surface area (Å²) < 4.78 is 1.14. The second kappa shape index (κ2) is 5.23. The van der Waals surface area contributed by atoms with Crippen LogP contribution in [0.2, 0.25) is 0 Å². The number of para-hydroxylation sites is 1. The molecule has 0 saturated carbocycles. The van der Waals surface area contributed by atoms with Crippen LogP contribution in [0.4, 0.5) is 5.69 Å². The molecule has 26 heavy (non-hydrogen) atoms. The van der Waals surface area contributed by atoms with E-state index in [-0.39, 0.29) is 11.3 Å². The summed E-state index contributed by atoms with van der Waals surface area (Å²) in [6.07, 6.45) is 6.60. The zero-order valence-corrected chi connectivity index (χ0v) is 15.6. The Labute approximate surface area is 154 Å². The molecule has 4 heteroatoms. The van der Waals surface area contributed by atoms with Crippen LogP contribution >= 0.6 is 0 Å². The number of hydrogen-bond acceptors (Lipinski definition) is 3. The van der Waals surface area contributed by atoms with Gasteiger partial charge in [0.15, 0.2) is 0 Å². The van der Waals surface area contributed by atoms with Gasteiger partial charge in [0.05, 0.1) is 24.2 Å². The standard InChI is InChI=1S/C22H26N2O2/c1-3-9-24-10-8-22-17-6-5-7-18(26)20(17)23-21(22)16(13-25)15(11-19(22)24)14(4-2)12-24/h4-7,13,15,19H,3,8-12H2,1-2H3,(H-,23,25,26)/p+1/b14-4-/t15-,19-,22?,24?/m0/s1. The molecular formula is C22H27N2O2+. The Bertz CT molecular complexity index is 871. The second-order valence-electron chi connectivity index (χ2n) is 8.49. The minimum absolute atomic E-state index is 0.130. The number of allylic oxidation sites excluding steroid dienone is 2. The molecule has 1 aliphatic carbocycles. The van der Waals surface area contributed by atoms with Gasteiger partial charge in [-0.2, -0.15) is 0 Å². The molecule has 4 atom stereocenters. The van der Waals surface area contributed by atoms with Crippen molar-refractivity contribution in [2.45, 2.75) is 44.6 Å². The number of benzene rings is 1. The summed E-state index contributed by atoms with van der Waals surface area (Å²) in [6.45, 7) is 7.80. The molecule has 1 aromatic carbocycles. The summed E-state index contributed by atoms with van der Waals surface area (Å²) in [6, 6.07) is 6.35. The molecule has 0 radical (unpaired) electrons. The number of carbonyl (C=O) groups is 1. The summed E-state index contributed by atoms with van der Waals surface area (Å²) in [5.41, 5.74) is 5.32. The monoisotopic (exact) mass is 351 g/mol. The number of aldehydes is 1. The van der Waals surface area contributed by atoms with E-state index in [1.54, 1.807) is 6.07 Å². The van der Waals surface area contributed by atoms with Crippen molar-refractivity contribution in [1.82, 2.24) is 0 Å². The number of quaternary nitrogens is 1. The Hall–Kier alpha value is -2.07. The van der Waals surface area contributed by atoms with Gasteiger partial charge in [-0.15, -0.1) is 0 Å². The number of carbonyl (C=O) groups excluding carboxylic acids is 1. The van der Waals surface area contributed by atoms with E-state index < -0.39 is 0 Å². The third kappa shape index (κ3) is 1.67. The smallest absolute Gasteiger partial charge is 0.148 e. The van der Waals surface area contributed by atoms with Crippen molar-refractivity contribution in [3.8, 4) is 5.75 Å². The zero-order valence-electron chi connectivity index (χ0n) is 15.6. The maximum absolute atomic E-state index is 12.2. The molecule has 1 aromatic rings. The highest BCUT2D eigenvalue weighted by Crippen LogP contribution is 2.64. The quantitative estimate of drug-likeness (QED) is 0.379. The Morgan fingerprint density at radius 1 is 1.42 bits per heavy atom. The molecule has 3 aliphatic heterocycles. The van der Waals surface area contributed by atoms with Crippen LogP contribution in [0.25, 0.3) is 0 Å². The third-order valence-corrected chi connectivity index (χ3v) is 7.64. The fourth-order valence-corrected chi connectivity index (χ4v) is 6.73. The predicted octanol–water partition coefficient (Wildman–Crippen LogP) is 3.49. The third-order valence-electron chi connectivity index (χ3n) is 7.64. The first kappa shape index (κ1) is 16.1. The normalized spacial score (nSPS) is 38.2. The van der Waals surface area contributed by atoms with E-state index in [9.17, 15) is 9.90 Å². The van der Waals surface area contributed by atoms with Crippen molar-refractivity contribution < 1.29 is 14.4 Å². The molecule has 2 saturated heterocycles. The van der Waals surface area contributed by atoms with E-state index in [0.29, 0.717) is 11.8 Å².